The molecule has 2 unspecified atom stereocenters. The summed E-state index contributed by atoms with van der Waals surface area (Å²) < 4.78 is 6.33. The molecule has 0 N–H and O–H groups in total. The first-order valence-corrected chi connectivity index (χ1v) is 11.7. The van der Waals surface area contributed by atoms with Crippen LogP contribution in [-0.2, 0) is 18.0 Å². The van der Waals surface area contributed by atoms with Crippen molar-refractivity contribution >= 4 is 12.2 Å². The molecule has 1 heteroatoms. The maximum atomic E-state index is 6.33. The van der Waals surface area contributed by atoms with Gasteiger partial charge in [0.15, 0.2) is 0 Å². The second kappa shape index (κ2) is 8.69. The van der Waals surface area contributed by atoms with Crippen molar-refractivity contribution in [3.8, 4) is 0 Å². The van der Waals surface area contributed by atoms with Gasteiger partial charge in [-0.15, -0.1) is 0 Å². The van der Waals surface area contributed by atoms with Crippen LogP contribution in [0.3, 0.4) is 0 Å². The maximum Gasteiger partial charge on any atom is 0.0724 e. The minimum absolute atomic E-state index is 0.299. The van der Waals surface area contributed by atoms with Crippen LogP contribution in [-0.4, -0.2) is 0 Å². The fourth-order valence-electron chi connectivity index (χ4n) is 5.25. The zero-order valence-corrected chi connectivity index (χ0v) is 18.5. The van der Waals surface area contributed by atoms with E-state index in [4.69, 9.17) is 4.74 Å². The smallest absolute Gasteiger partial charge is 0.0724 e. The Kier molecular flexibility index (Phi) is 5.26. The lowest BCUT2D eigenvalue weighted by Gasteiger charge is -2.18. The summed E-state index contributed by atoms with van der Waals surface area (Å²) in [5.74, 6) is 0.599. The number of rotatable bonds is 6. The zero-order valence-electron chi connectivity index (χ0n) is 18.5. The van der Waals surface area contributed by atoms with Crippen molar-refractivity contribution in [2.24, 2.45) is 0 Å². The van der Waals surface area contributed by atoms with E-state index in [1.165, 1.54) is 44.5 Å². The third kappa shape index (κ3) is 3.75. The highest BCUT2D eigenvalue weighted by atomic mass is 16.5. The molecule has 1 nitrogen and oxygen atoms in total. The van der Waals surface area contributed by atoms with Crippen molar-refractivity contribution in [2.75, 3.05) is 0 Å². The maximum absolute atomic E-state index is 6.33. The summed E-state index contributed by atoms with van der Waals surface area (Å²) in [5, 5.41) is 0. The van der Waals surface area contributed by atoms with E-state index in [1.54, 1.807) is 0 Å². The second-order valence-corrected chi connectivity index (χ2v) is 8.82. The normalized spacial score (nSPS) is 17.8. The van der Waals surface area contributed by atoms with Crippen LogP contribution in [0.25, 0.3) is 12.2 Å². The SMILES string of the molecule is C1=CC(c2ccccc2COCc2ccccc2C2C=Cc3ccccc32)c2ccccc21. The van der Waals surface area contributed by atoms with Crippen LogP contribution >= 0.6 is 0 Å². The zero-order chi connectivity index (χ0) is 22.0. The molecule has 0 saturated carbocycles. The summed E-state index contributed by atoms with van der Waals surface area (Å²) in [6.45, 7) is 1.21. The Morgan fingerprint density at radius 2 is 0.848 bits per heavy atom. The van der Waals surface area contributed by atoms with E-state index in [2.05, 4.69) is 121 Å². The minimum atomic E-state index is 0.299. The Labute approximate surface area is 195 Å². The van der Waals surface area contributed by atoms with Gasteiger partial charge >= 0.3 is 0 Å². The van der Waals surface area contributed by atoms with Gasteiger partial charge in [-0.2, -0.15) is 0 Å². The van der Waals surface area contributed by atoms with Gasteiger partial charge in [0.1, 0.15) is 0 Å². The summed E-state index contributed by atoms with van der Waals surface area (Å²) in [5.41, 5.74) is 10.6. The summed E-state index contributed by atoms with van der Waals surface area (Å²) in [4.78, 5) is 0. The van der Waals surface area contributed by atoms with Gasteiger partial charge in [-0.1, -0.05) is 121 Å². The molecule has 0 fully saturated rings. The predicted octanol–water partition coefficient (Wildman–Crippen LogP) is 7.72. The quantitative estimate of drug-likeness (QED) is 0.307. The Morgan fingerprint density at radius 1 is 0.455 bits per heavy atom. The van der Waals surface area contributed by atoms with Crippen LogP contribution in [0.5, 0.6) is 0 Å². The van der Waals surface area contributed by atoms with Gasteiger partial charge in [0.05, 0.1) is 13.2 Å². The van der Waals surface area contributed by atoms with E-state index < -0.39 is 0 Å². The molecule has 0 aromatic heterocycles. The molecule has 4 aromatic rings. The molecule has 2 aliphatic rings. The number of ether oxygens (including phenoxy) is 1. The van der Waals surface area contributed by atoms with Crippen LogP contribution in [0.4, 0.5) is 0 Å². The number of allylic oxidation sites excluding steroid dienone is 2. The number of fused-ring (bicyclic) bond motifs is 2. The molecule has 0 spiro atoms. The fraction of sp³-hybridized carbons (Fsp3) is 0.125. The van der Waals surface area contributed by atoms with Gasteiger partial charge in [0.2, 0.25) is 0 Å². The Balaban J connectivity index is 1.21. The Morgan fingerprint density at radius 3 is 1.33 bits per heavy atom. The first-order valence-electron chi connectivity index (χ1n) is 11.7. The predicted molar refractivity (Wildman–Crippen MR) is 136 cm³/mol. The highest BCUT2D eigenvalue weighted by molar-refractivity contribution is 5.66. The summed E-state index contributed by atoms with van der Waals surface area (Å²) in [6.07, 6.45) is 9.09. The topological polar surface area (TPSA) is 9.23 Å². The van der Waals surface area contributed by atoms with E-state index in [1.807, 2.05) is 0 Å². The second-order valence-electron chi connectivity index (χ2n) is 8.82. The number of hydrogen-bond acceptors (Lipinski definition) is 1. The van der Waals surface area contributed by atoms with E-state index in [9.17, 15) is 0 Å². The molecular formula is C32H26O. The summed E-state index contributed by atoms with van der Waals surface area (Å²) >= 11 is 0. The van der Waals surface area contributed by atoms with Crippen molar-refractivity contribution in [2.45, 2.75) is 25.0 Å². The van der Waals surface area contributed by atoms with Crippen LogP contribution in [0, 0.1) is 0 Å². The standard InChI is InChI=1S/C32H26O/c1-5-13-27-23(9-1)17-19-31(27)29-15-7-3-11-25(29)21-33-22-26-12-4-8-16-30(26)32-20-18-24-10-2-6-14-28(24)32/h1-20,31-32H,21-22H2. The van der Waals surface area contributed by atoms with Gasteiger partial charge in [0, 0.05) is 11.8 Å². The van der Waals surface area contributed by atoms with Crippen molar-refractivity contribution in [3.05, 3.63) is 154 Å². The van der Waals surface area contributed by atoms with Crippen molar-refractivity contribution in [3.63, 3.8) is 0 Å². The van der Waals surface area contributed by atoms with Crippen molar-refractivity contribution in [1.82, 2.24) is 0 Å². The molecule has 2 aliphatic carbocycles. The van der Waals surface area contributed by atoms with Crippen molar-refractivity contribution in [1.29, 1.82) is 0 Å². The molecule has 160 valence electrons. The third-order valence-corrected chi connectivity index (χ3v) is 6.89. The third-order valence-electron chi connectivity index (χ3n) is 6.89. The van der Waals surface area contributed by atoms with Gasteiger partial charge in [-0.3, -0.25) is 0 Å². The molecule has 0 bridgehead atoms. The number of benzene rings is 4. The first kappa shape index (κ1) is 20.0. The van der Waals surface area contributed by atoms with Gasteiger partial charge < -0.3 is 4.74 Å². The van der Waals surface area contributed by atoms with Crippen LogP contribution in [0.2, 0.25) is 0 Å². The van der Waals surface area contributed by atoms with Gasteiger partial charge in [-0.05, 0) is 44.5 Å². The Bertz CT molecular complexity index is 1260. The van der Waals surface area contributed by atoms with Gasteiger partial charge in [-0.25, -0.2) is 0 Å². The minimum Gasteiger partial charge on any atom is -0.372 e. The lowest BCUT2D eigenvalue weighted by Crippen LogP contribution is -2.05. The highest BCUT2D eigenvalue weighted by Crippen LogP contribution is 2.38. The molecule has 2 atom stereocenters. The van der Waals surface area contributed by atoms with E-state index in [0.717, 1.165) is 0 Å². The van der Waals surface area contributed by atoms with E-state index in [-0.39, 0.29) is 0 Å². The summed E-state index contributed by atoms with van der Waals surface area (Å²) in [7, 11) is 0. The lowest BCUT2D eigenvalue weighted by atomic mass is 9.89. The monoisotopic (exact) mass is 426 g/mol. The van der Waals surface area contributed by atoms with Crippen LogP contribution in [0.1, 0.15) is 56.3 Å². The molecule has 0 aliphatic heterocycles. The molecule has 0 radical (unpaired) electrons. The van der Waals surface area contributed by atoms with Crippen LogP contribution < -0.4 is 0 Å². The van der Waals surface area contributed by atoms with Gasteiger partial charge in [0.25, 0.3) is 0 Å². The summed E-state index contributed by atoms with van der Waals surface area (Å²) in [6, 6.07) is 34.7. The molecule has 6 rings (SSSR count). The Hall–Kier alpha value is -3.68. The molecule has 0 heterocycles. The first-order chi connectivity index (χ1) is 16.4. The lowest BCUT2D eigenvalue weighted by molar-refractivity contribution is 0.106. The number of hydrogen-bond donors (Lipinski definition) is 0. The van der Waals surface area contributed by atoms with Crippen LogP contribution in [0.15, 0.2) is 109 Å². The highest BCUT2D eigenvalue weighted by Gasteiger charge is 2.22. The molecule has 4 aromatic carbocycles. The molecular weight excluding hydrogens is 400 g/mol. The molecule has 33 heavy (non-hydrogen) atoms. The van der Waals surface area contributed by atoms with E-state index in [0.29, 0.717) is 25.0 Å². The average molecular weight is 427 g/mol. The van der Waals surface area contributed by atoms with Crippen molar-refractivity contribution < 1.29 is 4.74 Å². The molecule has 0 amide bonds. The molecule has 0 saturated heterocycles. The average Bonchev–Trinajstić information content (AvgIpc) is 3.49. The van der Waals surface area contributed by atoms with E-state index >= 15 is 0 Å². The fourth-order valence-corrected chi connectivity index (χ4v) is 5.25. The largest absolute Gasteiger partial charge is 0.372 e.